The van der Waals surface area contributed by atoms with Crippen LogP contribution in [0.3, 0.4) is 0 Å². The van der Waals surface area contributed by atoms with Crippen molar-refractivity contribution in [3.05, 3.63) is 47.5 Å². The number of hydrogen-bond donors (Lipinski definition) is 1. The van der Waals surface area contributed by atoms with Crippen LogP contribution in [0.4, 0.5) is 8.78 Å². The first-order valence-electron chi connectivity index (χ1n) is 15.1. The smallest absolute Gasteiger partial charge is 0.248 e. The number of nitrogens with zero attached hydrogens (tertiary/aromatic N) is 4. The third-order valence-corrected chi connectivity index (χ3v) is 9.29. The minimum Gasteiger partial charge on any atom is -0.349 e. The summed E-state index contributed by atoms with van der Waals surface area (Å²) in [6, 6.07) is 11.5. The molecule has 1 aromatic carbocycles. The van der Waals surface area contributed by atoms with Crippen LogP contribution in [-0.4, -0.2) is 50.1 Å². The minimum absolute atomic E-state index is 0.0731. The molecule has 2 bridgehead atoms. The van der Waals surface area contributed by atoms with Crippen molar-refractivity contribution in [3.63, 3.8) is 0 Å². The second-order valence-electron chi connectivity index (χ2n) is 12.7. The minimum atomic E-state index is -2.63. The van der Waals surface area contributed by atoms with Gasteiger partial charge in [-0.25, -0.2) is 8.78 Å². The van der Waals surface area contributed by atoms with Crippen LogP contribution < -0.4 is 5.32 Å². The van der Waals surface area contributed by atoms with Crippen LogP contribution in [-0.2, 0) is 4.79 Å². The van der Waals surface area contributed by atoms with E-state index in [0.717, 1.165) is 43.0 Å². The first kappa shape index (κ1) is 28.2. The Bertz CT molecular complexity index is 1070. The molecule has 5 rings (SSSR count). The van der Waals surface area contributed by atoms with Crippen molar-refractivity contribution < 1.29 is 13.6 Å². The topological polar surface area (TPSA) is 63.1 Å². The summed E-state index contributed by atoms with van der Waals surface area (Å²) in [4.78, 5) is 15.8. The summed E-state index contributed by atoms with van der Waals surface area (Å²) in [7, 11) is 0. The van der Waals surface area contributed by atoms with E-state index in [1.807, 2.05) is 18.2 Å². The molecule has 2 aromatic rings. The molecule has 2 unspecified atom stereocenters. The average molecular weight is 542 g/mol. The standard InChI is InChI=1S/C31H45F2N5O/c1-20(2)28-35-36-29(21(3)4)38(28)26-18-24-10-11-25(19-26)37(24)17-14-27(22-8-6-5-7-9-22)34-30(39)23-12-15-31(32,33)16-13-23/h5-9,20-21,23-27H,10-19H2,1-4H3,(H,34,39)/t24?,25?,26?,27-/m0/s1. The van der Waals surface area contributed by atoms with Crippen LogP contribution in [0.2, 0.25) is 0 Å². The Balaban J connectivity index is 1.26. The van der Waals surface area contributed by atoms with Gasteiger partial charge in [-0.2, -0.15) is 0 Å². The molecule has 2 aliphatic heterocycles. The van der Waals surface area contributed by atoms with Gasteiger partial charge in [0.15, 0.2) is 0 Å². The zero-order chi connectivity index (χ0) is 27.7. The molecule has 39 heavy (non-hydrogen) atoms. The van der Waals surface area contributed by atoms with Crippen molar-refractivity contribution in [3.8, 4) is 0 Å². The number of piperidine rings is 1. The van der Waals surface area contributed by atoms with Crippen molar-refractivity contribution in [2.45, 2.75) is 127 Å². The fourth-order valence-corrected chi connectivity index (χ4v) is 7.18. The monoisotopic (exact) mass is 541 g/mol. The number of nitrogens with one attached hydrogen (secondary N) is 1. The molecule has 2 saturated heterocycles. The molecule has 8 heteroatoms. The lowest BCUT2D eigenvalue weighted by Crippen LogP contribution is -2.45. The Morgan fingerprint density at radius 1 is 0.923 bits per heavy atom. The summed E-state index contributed by atoms with van der Waals surface area (Å²) in [6.45, 7) is 9.72. The van der Waals surface area contributed by atoms with Crippen molar-refractivity contribution in [1.29, 1.82) is 0 Å². The second-order valence-corrected chi connectivity index (χ2v) is 12.7. The van der Waals surface area contributed by atoms with Gasteiger partial charge in [0.2, 0.25) is 11.8 Å². The van der Waals surface area contributed by atoms with Crippen molar-refractivity contribution >= 4 is 5.91 Å². The summed E-state index contributed by atoms with van der Waals surface area (Å²) in [5.74, 6) is -0.141. The molecule has 6 nitrogen and oxygen atoms in total. The molecule has 3 fully saturated rings. The number of carbonyl (C=O) groups excluding carboxylic acids is 1. The lowest BCUT2D eigenvalue weighted by Gasteiger charge is -2.41. The Morgan fingerprint density at radius 3 is 2.03 bits per heavy atom. The number of benzene rings is 1. The van der Waals surface area contributed by atoms with Crippen molar-refractivity contribution in [2.24, 2.45) is 5.92 Å². The maximum Gasteiger partial charge on any atom is 0.248 e. The second kappa shape index (κ2) is 11.6. The Kier molecular flexibility index (Phi) is 8.41. The number of amides is 1. The van der Waals surface area contributed by atoms with Gasteiger partial charge in [0.25, 0.3) is 0 Å². The van der Waals surface area contributed by atoms with E-state index in [0.29, 0.717) is 30.0 Å². The molecule has 1 aromatic heterocycles. The fraction of sp³-hybridized carbons (Fsp3) is 0.710. The quantitative estimate of drug-likeness (QED) is 0.381. The maximum atomic E-state index is 13.7. The fourth-order valence-electron chi connectivity index (χ4n) is 7.18. The van der Waals surface area contributed by atoms with Crippen LogP contribution in [0, 0.1) is 5.92 Å². The summed E-state index contributed by atoms with van der Waals surface area (Å²) < 4.78 is 29.8. The molecular formula is C31H45F2N5O. The Hall–Kier alpha value is -2.35. The first-order chi connectivity index (χ1) is 18.6. The molecule has 1 aliphatic carbocycles. The van der Waals surface area contributed by atoms with E-state index in [4.69, 9.17) is 0 Å². The molecule has 1 amide bonds. The van der Waals surface area contributed by atoms with Gasteiger partial charge in [-0.3, -0.25) is 9.69 Å². The van der Waals surface area contributed by atoms with Crippen LogP contribution in [0.15, 0.2) is 30.3 Å². The molecule has 3 heterocycles. The average Bonchev–Trinajstić information content (AvgIpc) is 3.45. The van der Waals surface area contributed by atoms with Crippen molar-refractivity contribution in [1.82, 2.24) is 25.0 Å². The third kappa shape index (κ3) is 6.21. The zero-order valence-electron chi connectivity index (χ0n) is 24.0. The van der Waals surface area contributed by atoms with Gasteiger partial charge in [0.05, 0.1) is 6.04 Å². The molecule has 1 saturated carbocycles. The predicted octanol–water partition coefficient (Wildman–Crippen LogP) is 6.77. The highest BCUT2D eigenvalue weighted by atomic mass is 19.3. The number of aromatic nitrogens is 3. The lowest BCUT2D eigenvalue weighted by atomic mass is 9.86. The van der Waals surface area contributed by atoms with E-state index in [9.17, 15) is 13.6 Å². The van der Waals surface area contributed by atoms with E-state index in [-0.39, 0.29) is 43.6 Å². The highest BCUT2D eigenvalue weighted by Gasteiger charge is 2.43. The predicted molar refractivity (Wildman–Crippen MR) is 149 cm³/mol. The van der Waals surface area contributed by atoms with Crippen LogP contribution >= 0.6 is 0 Å². The molecule has 3 aliphatic rings. The summed E-state index contributed by atoms with van der Waals surface area (Å²) >= 11 is 0. The van der Waals surface area contributed by atoms with E-state index >= 15 is 0 Å². The molecule has 1 N–H and O–H groups in total. The van der Waals surface area contributed by atoms with Gasteiger partial charge in [-0.15, -0.1) is 10.2 Å². The van der Waals surface area contributed by atoms with Gasteiger partial charge >= 0.3 is 0 Å². The number of hydrogen-bond acceptors (Lipinski definition) is 4. The highest BCUT2D eigenvalue weighted by molar-refractivity contribution is 5.79. The van der Waals surface area contributed by atoms with Gasteiger partial charge < -0.3 is 9.88 Å². The first-order valence-corrected chi connectivity index (χ1v) is 15.1. The van der Waals surface area contributed by atoms with E-state index in [2.05, 4.69) is 64.8 Å². The third-order valence-electron chi connectivity index (χ3n) is 9.29. The summed E-state index contributed by atoms with van der Waals surface area (Å²) in [6.07, 6.45) is 5.57. The van der Waals surface area contributed by atoms with Gasteiger partial charge in [-0.05, 0) is 50.5 Å². The number of halogens is 2. The SMILES string of the molecule is CC(C)c1nnc(C(C)C)n1C1CC2CCC(C1)N2CC[C@H](NC(=O)C1CCC(F)(F)CC1)c1ccccc1. The summed E-state index contributed by atoms with van der Waals surface area (Å²) in [5.41, 5.74) is 1.09. The van der Waals surface area contributed by atoms with Crippen LogP contribution in [0.5, 0.6) is 0 Å². The van der Waals surface area contributed by atoms with Gasteiger partial charge in [0.1, 0.15) is 11.6 Å². The molecular weight excluding hydrogens is 496 g/mol. The van der Waals surface area contributed by atoms with E-state index in [1.165, 1.54) is 12.8 Å². The van der Waals surface area contributed by atoms with Crippen LogP contribution in [0.1, 0.15) is 127 Å². The molecule has 0 spiro atoms. The normalized spacial score (nSPS) is 26.3. The number of carbonyl (C=O) groups is 1. The van der Waals surface area contributed by atoms with Crippen LogP contribution in [0.25, 0.3) is 0 Å². The largest absolute Gasteiger partial charge is 0.349 e. The number of fused-ring (bicyclic) bond motifs is 2. The summed E-state index contributed by atoms with van der Waals surface area (Å²) in [5, 5.41) is 12.4. The number of rotatable bonds is 9. The Morgan fingerprint density at radius 2 is 1.49 bits per heavy atom. The van der Waals surface area contributed by atoms with Gasteiger partial charge in [-0.1, -0.05) is 58.0 Å². The number of alkyl halides is 2. The molecule has 0 radical (unpaired) electrons. The maximum absolute atomic E-state index is 13.7. The molecule has 214 valence electrons. The van der Waals surface area contributed by atoms with E-state index < -0.39 is 5.92 Å². The Labute approximate surface area is 231 Å². The van der Waals surface area contributed by atoms with Crippen molar-refractivity contribution in [2.75, 3.05) is 6.54 Å². The van der Waals surface area contributed by atoms with E-state index in [1.54, 1.807) is 0 Å². The lowest BCUT2D eigenvalue weighted by molar-refractivity contribution is -0.130. The zero-order valence-corrected chi connectivity index (χ0v) is 24.0. The van der Waals surface area contributed by atoms with Gasteiger partial charge in [0, 0.05) is 55.3 Å². The highest BCUT2D eigenvalue weighted by Crippen LogP contribution is 2.43. The molecule has 3 atom stereocenters.